The van der Waals surface area contributed by atoms with Crippen LogP contribution >= 0.6 is 0 Å². The fraction of sp³-hybridized carbons (Fsp3) is 0.750. The third-order valence-corrected chi connectivity index (χ3v) is 5.81. The lowest BCUT2D eigenvalue weighted by molar-refractivity contribution is -0.159. The van der Waals surface area contributed by atoms with E-state index < -0.39 is 28.2 Å². The van der Waals surface area contributed by atoms with Crippen LogP contribution in [-0.4, -0.2) is 44.5 Å². The van der Waals surface area contributed by atoms with Crippen molar-refractivity contribution in [3.63, 3.8) is 0 Å². The molecule has 1 aliphatic carbocycles. The van der Waals surface area contributed by atoms with Crippen molar-refractivity contribution >= 4 is 28.6 Å². The van der Waals surface area contributed by atoms with E-state index in [-0.39, 0.29) is 11.9 Å². The van der Waals surface area contributed by atoms with E-state index in [9.17, 15) is 18.6 Å². The summed E-state index contributed by atoms with van der Waals surface area (Å²) in [5.74, 6) is 0.250. The standard InChI is InChI=1S/C12H16N2O4S/c15-9-12(4-1-5-12)10(16)14(11(17)13-9)8-2-6-19(18)7-3-8/h8H,1-7H2,(H,13,15,17). The van der Waals surface area contributed by atoms with Crippen LogP contribution in [0.4, 0.5) is 4.79 Å². The van der Waals surface area contributed by atoms with E-state index in [0.717, 1.165) is 6.42 Å². The maximum atomic E-state index is 12.5. The highest BCUT2D eigenvalue weighted by Gasteiger charge is 2.58. The first kappa shape index (κ1) is 12.8. The van der Waals surface area contributed by atoms with Gasteiger partial charge in [-0.1, -0.05) is 6.42 Å². The number of carbonyl (C=O) groups excluding carboxylic acids is 3. The first-order valence-corrected chi connectivity index (χ1v) is 8.07. The summed E-state index contributed by atoms with van der Waals surface area (Å²) in [5.41, 5.74) is -0.996. The summed E-state index contributed by atoms with van der Waals surface area (Å²) in [6, 6.07) is -0.819. The van der Waals surface area contributed by atoms with Crippen LogP contribution in [0.5, 0.6) is 0 Å². The summed E-state index contributed by atoms with van der Waals surface area (Å²) in [7, 11) is -0.838. The van der Waals surface area contributed by atoms with Crippen LogP contribution < -0.4 is 5.32 Å². The SMILES string of the molecule is O=C1NC(=O)C2(CCC2)C(=O)N1C1CCS(=O)CC1. The molecule has 19 heavy (non-hydrogen) atoms. The second kappa shape index (κ2) is 4.40. The van der Waals surface area contributed by atoms with Gasteiger partial charge in [-0.15, -0.1) is 0 Å². The van der Waals surface area contributed by atoms with Crippen molar-refractivity contribution in [2.75, 3.05) is 11.5 Å². The highest BCUT2D eigenvalue weighted by molar-refractivity contribution is 7.85. The van der Waals surface area contributed by atoms with Gasteiger partial charge in [-0.3, -0.25) is 24.0 Å². The molecule has 6 nitrogen and oxygen atoms in total. The Labute approximate surface area is 113 Å². The molecule has 2 saturated heterocycles. The van der Waals surface area contributed by atoms with E-state index in [0.29, 0.717) is 37.2 Å². The predicted molar refractivity (Wildman–Crippen MR) is 67.6 cm³/mol. The van der Waals surface area contributed by atoms with Gasteiger partial charge in [0.25, 0.3) is 0 Å². The molecule has 0 aromatic heterocycles. The van der Waals surface area contributed by atoms with Gasteiger partial charge < -0.3 is 0 Å². The van der Waals surface area contributed by atoms with Crippen molar-refractivity contribution in [1.29, 1.82) is 0 Å². The topological polar surface area (TPSA) is 83.6 Å². The summed E-state index contributed by atoms with van der Waals surface area (Å²) in [6.07, 6.45) is 3.03. The lowest BCUT2D eigenvalue weighted by Crippen LogP contribution is -2.68. The molecule has 3 fully saturated rings. The Bertz CT molecular complexity index is 476. The molecule has 0 aromatic carbocycles. The van der Waals surface area contributed by atoms with Crippen LogP contribution in [-0.2, 0) is 20.4 Å². The number of hydrogen-bond acceptors (Lipinski definition) is 4. The third-order valence-electron chi connectivity index (χ3n) is 4.43. The minimum atomic E-state index is -0.996. The first-order chi connectivity index (χ1) is 9.04. The number of nitrogens with zero attached hydrogens (tertiary/aromatic N) is 1. The molecule has 1 N–H and O–H groups in total. The minimum Gasteiger partial charge on any atom is -0.277 e. The minimum absolute atomic E-state index is 0.212. The quantitative estimate of drug-likeness (QED) is 0.695. The molecule has 0 bridgehead atoms. The number of rotatable bonds is 1. The van der Waals surface area contributed by atoms with Crippen molar-refractivity contribution in [2.24, 2.45) is 5.41 Å². The van der Waals surface area contributed by atoms with Crippen molar-refractivity contribution in [1.82, 2.24) is 10.2 Å². The molecule has 4 amide bonds. The summed E-state index contributed by atoms with van der Waals surface area (Å²) >= 11 is 0. The molecule has 7 heteroatoms. The van der Waals surface area contributed by atoms with Crippen molar-refractivity contribution in [2.45, 2.75) is 38.1 Å². The number of barbiturate groups is 1. The van der Waals surface area contributed by atoms with Gasteiger partial charge in [0, 0.05) is 28.3 Å². The molecule has 0 radical (unpaired) electrons. The Hall–Kier alpha value is -1.24. The van der Waals surface area contributed by atoms with E-state index in [1.54, 1.807) is 0 Å². The fourth-order valence-corrected chi connectivity index (χ4v) is 4.31. The molecule has 2 aliphatic heterocycles. The lowest BCUT2D eigenvalue weighted by Gasteiger charge is -2.47. The number of imide groups is 2. The molecular weight excluding hydrogens is 268 g/mol. The van der Waals surface area contributed by atoms with E-state index in [4.69, 9.17) is 0 Å². The number of hydrogen-bond donors (Lipinski definition) is 1. The van der Waals surface area contributed by atoms with Crippen LogP contribution in [0.25, 0.3) is 0 Å². The van der Waals surface area contributed by atoms with Crippen LogP contribution in [0.15, 0.2) is 0 Å². The molecule has 104 valence electrons. The van der Waals surface area contributed by atoms with Gasteiger partial charge in [0.05, 0.1) is 0 Å². The van der Waals surface area contributed by atoms with Gasteiger partial charge in [-0.05, 0) is 25.7 Å². The van der Waals surface area contributed by atoms with Gasteiger partial charge >= 0.3 is 6.03 Å². The van der Waals surface area contributed by atoms with Crippen LogP contribution in [0, 0.1) is 5.41 Å². The normalized spacial score (nSPS) is 34.1. The highest BCUT2D eigenvalue weighted by Crippen LogP contribution is 2.45. The van der Waals surface area contributed by atoms with Gasteiger partial charge in [0.15, 0.2) is 0 Å². The lowest BCUT2D eigenvalue weighted by atomic mass is 9.66. The van der Waals surface area contributed by atoms with Crippen LogP contribution in [0.2, 0.25) is 0 Å². The maximum Gasteiger partial charge on any atom is 0.331 e. The monoisotopic (exact) mass is 284 g/mol. The number of amides is 4. The molecule has 0 aromatic rings. The molecular formula is C12H16N2O4S. The highest BCUT2D eigenvalue weighted by atomic mass is 32.2. The van der Waals surface area contributed by atoms with Crippen molar-refractivity contribution < 1.29 is 18.6 Å². The van der Waals surface area contributed by atoms with E-state index in [1.807, 2.05) is 0 Å². The molecule has 2 heterocycles. The van der Waals surface area contributed by atoms with E-state index in [2.05, 4.69) is 5.32 Å². The molecule has 3 rings (SSSR count). The smallest absolute Gasteiger partial charge is 0.277 e. The zero-order valence-electron chi connectivity index (χ0n) is 10.5. The Morgan fingerprint density at radius 1 is 1.16 bits per heavy atom. The second-order valence-electron chi connectivity index (χ2n) is 5.45. The van der Waals surface area contributed by atoms with E-state index in [1.165, 1.54) is 4.90 Å². The molecule has 1 saturated carbocycles. The van der Waals surface area contributed by atoms with Gasteiger partial charge in [-0.25, -0.2) is 4.79 Å². The zero-order chi connectivity index (χ0) is 13.6. The second-order valence-corrected chi connectivity index (χ2v) is 7.15. The average molecular weight is 284 g/mol. The Balaban J connectivity index is 1.84. The van der Waals surface area contributed by atoms with Gasteiger partial charge in [-0.2, -0.15) is 0 Å². The van der Waals surface area contributed by atoms with Crippen LogP contribution in [0.3, 0.4) is 0 Å². The Kier molecular flexibility index (Phi) is 2.96. The summed E-state index contributed by atoms with van der Waals surface area (Å²) in [6.45, 7) is 0. The van der Waals surface area contributed by atoms with Crippen molar-refractivity contribution in [3.05, 3.63) is 0 Å². The largest absolute Gasteiger partial charge is 0.331 e. The zero-order valence-corrected chi connectivity index (χ0v) is 11.3. The fourth-order valence-electron chi connectivity index (χ4n) is 3.04. The number of carbonyl (C=O) groups is 3. The predicted octanol–water partition coefficient (Wildman–Crippen LogP) is 0.146. The Morgan fingerprint density at radius 2 is 1.79 bits per heavy atom. The van der Waals surface area contributed by atoms with Gasteiger partial charge in [0.2, 0.25) is 11.8 Å². The average Bonchev–Trinajstić information content (AvgIpc) is 2.29. The summed E-state index contributed by atoms with van der Waals surface area (Å²) in [4.78, 5) is 37.5. The molecule has 1 spiro atoms. The Morgan fingerprint density at radius 3 is 2.32 bits per heavy atom. The first-order valence-electron chi connectivity index (χ1n) is 6.59. The molecule has 0 atom stereocenters. The summed E-state index contributed by atoms with van der Waals surface area (Å²) in [5, 5.41) is 2.31. The number of urea groups is 1. The van der Waals surface area contributed by atoms with Crippen LogP contribution in [0.1, 0.15) is 32.1 Å². The molecule has 0 unspecified atom stereocenters. The maximum absolute atomic E-state index is 12.5. The number of nitrogens with one attached hydrogen (secondary N) is 1. The van der Waals surface area contributed by atoms with E-state index >= 15 is 0 Å². The third kappa shape index (κ3) is 1.82. The summed E-state index contributed by atoms with van der Waals surface area (Å²) < 4.78 is 11.4. The van der Waals surface area contributed by atoms with Gasteiger partial charge in [0.1, 0.15) is 5.41 Å². The van der Waals surface area contributed by atoms with Crippen molar-refractivity contribution in [3.8, 4) is 0 Å². The molecule has 3 aliphatic rings.